The summed E-state index contributed by atoms with van der Waals surface area (Å²) in [6.07, 6.45) is 6.16. The van der Waals surface area contributed by atoms with Gasteiger partial charge in [0.05, 0.1) is 6.61 Å². The lowest BCUT2D eigenvalue weighted by Crippen LogP contribution is -2.48. The monoisotopic (exact) mass is 316 g/mol. The Bertz CT molecular complexity index is 517. The van der Waals surface area contributed by atoms with Crippen molar-refractivity contribution >= 4 is 5.91 Å². The van der Waals surface area contributed by atoms with Gasteiger partial charge < -0.3 is 15.0 Å². The number of hydrogen-bond acceptors (Lipinski definition) is 3. The van der Waals surface area contributed by atoms with Crippen molar-refractivity contribution in [3.05, 3.63) is 29.8 Å². The maximum absolute atomic E-state index is 12.5. The Morgan fingerprint density at radius 1 is 1.22 bits per heavy atom. The molecule has 0 saturated carbocycles. The van der Waals surface area contributed by atoms with Gasteiger partial charge in [0.15, 0.2) is 0 Å². The zero-order chi connectivity index (χ0) is 16.2. The van der Waals surface area contributed by atoms with Crippen LogP contribution >= 0.6 is 0 Å². The third-order valence-corrected chi connectivity index (χ3v) is 5.25. The Labute approximate surface area is 139 Å². The minimum absolute atomic E-state index is 0.269. The molecule has 2 bridgehead atoms. The zero-order valence-electron chi connectivity index (χ0n) is 14.3. The summed E-state index contributed by atoms with van der Waals surface area (Å²) in [5, 5.41) is 3.64. The second-order valence-corrected chi connectivity index (χ2v) is 6.84. The van der Waals surface area contributed by atoms with Crippen LogP contribution in [0.5, 0.6) is 5.75 Å². The van der Waals surface area contributed by atoms with Crippen molar-refractivity contribution in [2.45, 2.75) is 63.6 Å². The van der Waals surface area contributed by atoms with Crippen molar-refractivity contribution in [3.63, 3.8) is 0 Å². The molecule has 2 atom stereocenters. The largest absolute Gasteiger partial charge is 0.494 e. The van der Waals surface area contributed by atoms with Crippen molar-refractivity contribution in [1.82, 2.24) is 10.2 Å². The molecule has 2 unspecified atom stereocenters. The second kappa shape index (κ2) is 7.35. The van der Waals surface area contributed by atoms with Gasteiger partial charge in [-0.2, -0.15) is 0 Å². The number of fused-ring (bicyclic) bond motifs is 2. The first-order valence-corrected chi connectivity index (χ1v) is 8.89. The number of nitrogens with zero attached hydrogens (tertiary/aromatic N) is 1. The highest BCUT2D eigenvalue weighted by molar-refractivity contribution is 5.76. The molecule has 2 aliphatic heterocycles. The molecule has 1 aromatic carbocycles. The van der Waals surface area contributed by atoms with Crippen LogP contribution in [0.3, 0.4) is 0 Å². The lowest BCUT2D eigenvalue weighted by atomic mass is 9.98. The van der Waals surface area contributed by atoms with Gasteiger partial charge in [-0.3, -0.25) is 4.79 Å². The molecule has 2 aliphatic rings. The van der Waals surface area contributed by atoms with E-state index in [-0.39, 0.29) is 5.91 Å². The highest BCUT2D eigenvalue weighted by atomic mass is 16.5. The Hall–Kier alpha value is -1.55. The first-order valence-electron chi connectivity index (χ1n) is 8.89. The maximum Gasteiger partial charge on any atom is 0.222 e. The van der Waals surface area contributed by atoms with Crippen LogP contribution < -0.4 is 10.1 Å². The summed E-state index contributed by atoms with van der Waals surface area (Å²) in [5.74, 6) is 1.16. The zero-order valence-corrected chi connectivity index (χ0v) is 14.3. The predicted molar refractivity (Wildman–Crippen MR) is 91.7 cm³/mol. The standard InChI is InChI=1S/C19H28N2O2/c1-3-23-18-9-4-14(5-10-18)6-11-19(22)21(2)17-12-15-7-8-16(13-17)20-15/h4-5,9-10,15-17,20H,3,6-8,11-13H2,1-2H3. The number of benzene rings is 1. The number of ether oxygens (including phenoxy) is 1. The third kappa shape index (κ3) is 4.05. The van der Waals surface area contributed by atoms with Gasteiger partial charge in [-0.25, -0.2) is 0 Å². The molecule has 1 aromatic rings. The topological polar surface area (TPSA) is 41.6 Å². The van der Waals surface area contributed by atoms with Gasteiger partial charge in [-0.1, -0.05) is 12.1 Å². The molecule has 0 spiro atoms. The van der Waals surface area contributed by atoms with Crippen LogP contribution in [0.2, 0.25) is 0 Å². The SMILES string of the molecule is CCOc1ccc(CCC(=O)N(C)C2CC3CCC(C2)N3)cc1. The quantitative estimate of drug-likeness (QED) is 0.877. The minimum atomic E-state index is 0.269. The summed E-state index contributed by atoms with van der Waals surface area (Å²) in [5.41, 5.74) is 1.19. The molecule has 126 valence electrons. The van der Waals surface area contributed by atoms with Crippen LogP contribution in [-0.2, 0) is 11.2 Å². The van der Waals surface area contributed by atoms with Crippen molar-refractivity contribution in [2.75, 3.05) is 13.7 Å². The molecule has 2 heterocycles. The number of piperidine rings is 1. The molecule has 0 radical (unpaired) electrons. The molecule has 3 rings (SSSR count). The van der Waals surface area contributed by atoms with E-state index < -0.39 is 0 Å². The summed E-state index contributed by atoms with van der Waals surface area (Å²) in [7, 11) is 1.98. The van der Waals surface area contributed by atoms with Crippen LogP contribution in [-0.4, -0.2) is 42.6 Å². The van der Waals surface area contributed by atoms with E-state index in [0.717, 1.165) is 25.0 Å². The molecule has 0 aliphatic carbocycles. The van der Waals surface area contributed by atoms with E-state index in [1.807, 2.05) is 31.0 Å². The van der Waals surface area contributed by atoms with Crippen molar-refractivity contribution in [3.8, 4) is 5.75 Å². The number of rotatable bonds is 6. The number of hydrogen-bond donors (Lipinski definition) is 1. The average Bonchev–Trinajstić information content (AvgIpc) is 2.91. The Balaban J connectivity index is 1.48. The van der Waals surface area contributed by atoms with Crippen LogP contribution in [0.4, 0.5) is 0 Å². The van der Waals surface area contributed by atoms with E-state index >= 15 is 0 Å². The highest BCUT2D eigenvalue weighted by Crippen LogP contribution is 2.29. The highest BCUT2D eigenvalue weighted by Gasteiger charge is 2.36. The smallest absolute Gasteiger partial charge is 0.222 e. The molecule has 4 heteroatoms. The van der Waals surface area contributed by atoms with Crippen molar-refractivity contribution in [1.29, 1.82) is 0 Å². The summed E-state index contributed by atoms with van der Waals surface area (Å²) in [4.78, 5) is 14.5. The van der Waals surface area contributed by atoms with Gasteiger partial charge in [0.1, 0.15) is 5.75 Å². The van der Waals surface area contributed by atoms with Gasteiger partial charge in [-0.15, -0.1) is 0 Å². The lowest BCUT2D eigenvalue weighted by molar-refractivity contribution is -0.132. The summed E-state index contributed by atoms with van der Waals surface area (Å²) >= 11 is 0. The van der Waals surface area contributed by atoms with E-state index in [2.05, 4.69) is 17.4 Å². The molecular weight excluding hydrogens is 288 g/mol. The first kappa shape index (κ1) is 16.3. The van der Waals surface area contributed by atoms with E-state index in [0.29, 0.717) is 31.2 Å². The number of carbonyl (C=O) groups excluding carboxylic acids is 1. The van der Waals surface area contributed by atoms with Gasteiger partial charge in [0, 0.05) is 31.6 Å². The fourth-order valence-corrected chi connectivity index (χ4v) is 3.89. The van der Waals surface area contributed by atoms with E-state index in [9.17, 15) is 4.79 Å². The number of carbonyl (C=O) groups is 1. The van der Waals surface area contributed by atoms with E-state index in [1.165, 1.54) is 18.4 Å². The number of amides is 1. The number of nitrogens with one attached hydrogen (secondary N) is 1. The fraction of sp³-hybridized carbons (Fsp3) is 0.632. The Morgan fingerprint density at radius 3 is 2.48 bits per heavy atom. The second-order valence-electron chi connectivity index (χ2n) is 6.84. The molecule has 1 amide bonds. The van der Waals surface area contributed by atoms with Crippen LogP contribution in [0.25, 0.3) is 0 Å². The lowest BCUT2D eigenvalue weighted by Gasteiger charge is -2.35. The minimum Gasteiger partial charge on any atom is -0.494 e. The van der Waals surface area contributed by atoms with Gasteiger partial charge in [0.2, 0.25) is 5.91 Å². The maximum atomic E-state index is 12.5. The summed E-state index contributed by atoms with van der Waals surface area (Å²) in [6, 6.07) is 9.75. The number of aryl methyl sites for hydroxylation is 1. The van der Waals surface area contributed by atoms with Crippen LogP contribution in [0.1, 0.15) is 44.6 Å². The summed E-state index contributed by atoms with van der Waals surface area (Å²) < 4.78 is 5.45. The first-order chi connectivity index (χ1) is 11.2. The van der Waals surface area contributed by atoms with Crippen LogP contribution in [0.15, 0.2) is 24.3 Å². The Morgan fingerprint density at radius 2 is 1.87 bits per heavy atom. The van der Waals surface area contributed by atoms with Gasteiger partial charge in [0.25, 0.3) is 0 Å². The van der Waals surface area contributed by atoms with Crippen molar-refractivity contribution in [2.24, 2.45) is 0 Å². The molecule has 2 saturated heterocycles. The average molecular weight is 316 g/mol. The molecule has 0 aromatic heterocycles. The van der Waals surface area contributed by atoms with Crippen molar-refractivity contribution < 1.29 is 9.53 Å². The van der Waals surface area contributed by atoms with Gasteiger partial charge >= 0.3 is 0 Å². The van der Waals surface area contributed by atoms with E-state index in [1.54, 1.807) is 0 Å². The Kier molecular flexibility index (Phi) is 5.21. The third-order valence-electron chi connectivity index (χ3n) is 5.25. The normalized spacial score (nSPS) is 26.1. The van der Waals surface area contributed by atoms with Gasteiger partial charge in [-0.05, 0) is 56.7 Å². The molecule has 1 N–H and O–H groups in total. The van der Waals surface area contributed by atoms with E-state index in [4.69, 9.17) is 4.74 Å². The fourth-order valence-electron chi connectivity index (χ4n) is 3.89. The van der Waals surface area contributed by atoms with Crippen LogP contribution in [0, 0.1) is 0 Å². The molecule has 4 nitrogen and oxygen atoms in total. The molecule has 23 heavy (non-hydrogen) atoms. The summed E-state index contributed by atoms with van der Waals surface area (Å²) in [6.45, 7) is 2.66. The molecule has 2 fully saturated rings. The predicted octanol–water partition coefficient (Wildman–Crippen LogP) is 2.76. The molecular formula is C19H28N2O2.